The number of rotatable bonds is 8. The highest BCUT2D eigenvalue weighted by Gasteiger charge is 2.27. The van der Waals surface area contributed by atoms with Gasteiger partial charge in [-0.05, 0) is 39.1 Å². The lowest BCUT2D eigenvalue weighted by Gasteiger charge is -2.37. The summed E-state index contributed by atoms with van der Waals surface area (Å²) in [5.74, 6) is 0.896. The quantitative estimate of drug-likeness (QED) is 0.480. The van der Waals surface area contributed by atoms with E-state index in [0.29, 0.717) is 18.1 Å². The van der Waals surface area contributed by atoms with Crippen LogP contribution < -0.4 is 10.6 Å². The maximum atomic E-state index is 5.76. The fourth-order valence-electron chi connectivity index (χ4n) is 4.28. The van der Waals surface area contributed by atoms with Crippen molar-refractivity contribution in [1.82, 2.24) is 20.4 Å². The number of aliphatic imine (C=N–C) groups is 1. The Morgan fingerprint density at radius 2 is 2.17 bits per heavy atom. The van der Waals surface area contributed by atoms with Crippen LogP contribution in [-0.2, 0) is 9.47 Å². The van der Waals surface area contributed by atoms with Gasteiger partial charge in [-0.15, -0.1) is 11.3 Å². The number of nitrogens with zero attached hydrogens (tertiary/aromatic N) is 3. The van der Waals surface area contributed by atoms with Crippen molar-refractivity contribution in [1.29, 1.82) is 0 Å². The molecule has 4 atom stereocenters. The van der Waals surface area contributed by atoms with E-state index in [1.54, 1.807) is 0 Å². The average molecular weight is 438 g/mol. The van der Waals surface area contributed by atoms with Gasteiger partial charge in [-0.2, -0.15) is 0 Å². The van der Waals surface area contributed by atoms with Gasteiger partial charge in [0, 0.05) is 49.7 Å². The van der Waals surface area contributed by atoms with E-state index in [2.05, 4.69) is 65.6 Å². The van der Waals surface area contributed by atoms with E-state index in [9.17, 15) is 0 Å². The highest BCUT2D eigenvalue weighted by atomic mass is 32.1. The Morgan fingerprint density at radius 1 is 1.30 bits per heavy atom. The van der Waals surface area contributed by atoms with Crippen LogP contribution in [0.3, 0.4) is 0 Å². The minimum Gasteiger partial charge on any atom is -0.379 e. The number of morpholine rings is 2. The highest BCUT2D eigenvalue weighted by Crippen LogP contribution is 2.26. The van der Waals surface area contributed by atoms with Gasteiger partial charge in [0.25, 0.3) is 0 Å². The molecule has 30 heavy (non-hydrogen) atoms. The zero-order valence-electron chi connectivity index (χ0n) is 19.0. The van der Waals surface area contributed by atoms with Gasteiger partial charge in [-0.1, -0.05) is 6.07 Å². The van der Waals surface area contributed by atoms with Crippen LogP contribution >= 0.6 is 11.3 Å². The number of nitrogens with one attached hydrogen (secondary N) is 2. The van der Waals surface area contributed by atoms with Gasteiger partial charge >= 0.3 is 0 Å². The first kappa shape index (κ1) is 23.5. The van der Waals surface area contributed by atoms with Gasteiger partial charge in [-0.3, -0.25) is 14.8 Å². The minimum absolute atomic E-state index is 0.277. The summed E-state index contributed by atoms with van der Waals surface area (Å²) >= 11 is 1.83. The van der Waals surface area contributed by atoms with Crippen LogP contribution in [0.1, 0.15) is 38.6 Å². The summed E-state index contributed by atoms with van der Waals surface area (Å²) in [4.78, 5) is 11.3. The molecule has 2 aliphatic rings. The van der Waals surface area contributed by atoms with E-state index in [0.717, 1.165) is 65.0 Å². The van der Waals surface area contributed by atoms with Crippen LogP contribution in [0.4, 0.5) is 0 Å². The van der Waals surface area contributed by atoms with Gasteiger partial charge in [0.2, 0.25) is 0 Å². The van der Waals surface area contributed by atoms with Gasteiger partial charge in [0.1, 0.15) is 0 Å². The molecular formula is C22H39N5O2S. The van der Waals surface area contributed by atoms with Crippen molar-refractivity contribution < 1.29 is 9.47 Å². The minimum atomic E-state index is 0.277. The highest BCUT2D eigenvalue weighted by molar-refractivity contribution is 7.10. The van der Waals surface area contributed by atoms with Gasteiger partial charge in [0.05, 0.1) is 38.5 Å². The summed E-state index contributed by atoms with van der Waals surface area (Å²) in [5.41, 5.74) is 0. The molecule has 0 bridgehead atoms. The van der Waals surface area contributed by atoms with Crippen molar-refractivity contribution in [3.05, 3.63) is 22.4 Å². The van der Waals surface area contributed by atoms with Crippen molar-refractivity contribution in [3.8, 4) is 0 Å². The van der Waals surface area contributed by atoms with Gasteiger partial charge < -0.3 is 20.1 Å². The zero-order valence-corrected chi connectivity index (χ0v) is 19.8. The number of ether oxygens (including phenoxy) is 2. The van der Waals surface area contributed by atoms with E-state index in [1.165, 1.54) is 4.88 Å². The number of hydrogen-bond acceptors (Lipinski definition) is 6. The largest absolute Gasteiger partial charge is 0.379 e. The van der Waals surface area contributed by atoms with E-state index in [1.807, 2.05) is 11.3 Å². The molecule has 0 aromatic carbocycles. The van der Waals surface area contributed by atoms with E-state index in [4.69, 9.17) is 14.5 Å². The summed E-state index contributed by atoms with van der Waals surface area (Å²) in [7, 11) is 0. The first-order valence-corrected chi connectivity index (χ1v) is 12.2. The Labute approximate surface area is 185 Å². The SMILES string of the molecule is CCNC(=NCC(C)N1CCOCC1C)NCC(c1cccs1)N1CCOC(C)C1. The molecule has 0 radical (unpaired) electrons. The van der Waals surface area contributed by atoms with Gasteiger partial charge in [-0.25, -0.2) is 0 Å². The molecule has 0 aliphatic carbocycles. The Balaban J connectivity index is 1.61. The third-order valence-corrected chi connectivity index (χ3v) is 6.86. The Morgan fingerprint density at radius 3 is 2.87 bits per heavy atom. The summed E-state index contributed by atoms with van der Waals surface area (Å²) in [6.45, 7) is 16.6. The van der Waals surface area contributed by atoms with Crippen molar-refractivity contribution in [2.45, 2.75) is 51.9 Å². The monoisotopic (exact) mass is 437 g/mol. The third kappa shape index (κ3) is 6.65. The summed E-state index contributed by atoms with van der Waals surface area (Å²) in [6, 6.07) is 5.56. The van der Waals surface area contributed by atoms with Crippen LogP contribution in [-0.4, -0.2) is 93.0 Å². The summed E-state index contributed by atoms with van der Waals surface area (Å²) < 4.78 is 11.3. The van der Waals surface area contributed by atoms with E-state index < -0.39 is 0 Å². The molecule has 7 nitrogen and oxygen atoms in total. The summed E-state index contributed by atoms with van der Waals surface area (Å²) in [6.07, 6.45) is 0.277. The molecule has 0 amide bonds. The van der Waals surface area contributed by atoms with Crippen LogP contribution in [0.5, 0.6) is 0 Å². The maximum absolute atomic E-state index is 5.76. The Hall–Kier alpha value is -1.19. The average Bonchev–Trinajstić information content (AvgIpc) is 3.27. The molecule has 3 rings (SSSR count). The lowest BCUT2D eigenvalue weighted by atomic mass is 10.1. The molecule has 1 aromatic heterocycles. The normalized spacial score (nSPS) is 26.3. The number of guanidine groups is 1. The molecule has 1 aromatic rings. The Bertz CT molecular complexity index is 641. The standard InChI is InChI=1S/C22H39N5O2S/c1-5-23-22(24-13-17(2)27-9-10-28-16-18(27)3)25-14-20(21-7-6-12-30-21)26-8-11-29-19(4)15-26/h6-7,12,17-20H,5,8-11,13-16H2,1-4H3,(H2,23,24,25). The predicted molar refractivity (Wildman–Crippen MR) is 124 cm³/mol. The molecule has 8 heteroatoms. The van der Waals surface area contributed by atoms with Crippen molar-refractivity contribution >= 4 is 17.3 Å². The topological polar surface area (TPSA) is 61.4 Å². The molecule has 170 valence electrons. The molecule has 2 aliphatic heterocycles. The van der Waals surface area contributed by atoms with E-state index in [-0.39, 0.29) is 6.10 Å². The fraction of sp³-hybridized carbons (Fsp3) is 0.773. The molecule has 3 heterocycles. The zero-order chi connectivity index (χ0) is 21.3. The second-order valence-corrected chi connectivity index (χ2v) is 9.30. The van der Waals surface area contributed by atoms with Crippen LogP contribution in [0.2, 0.25) is 0 Å². The van der Waals surface area contributed by atoms with Gasteiger partial charge in [0.15, 0.2) is 5.96 Å². The lowest BCUT2D eigenvalue weighted by molar-refractivity contribution is -0.0334. The Kier molecular flexibility index (Phi) is 9.39. The second kappa shape index (κ2) is 12.0. The molecule has 2 fully saturated rings. The second-order valence-electron chi connectivity index (χ2n) is 8.32. The first-order valence-electron chi connectivity index (χ1n) is 11.3. The van der Waals surface area contributed by atoms with Crippen molar-refractivity contribution in [3.63, 3.8) is 0 Å². The molecule has 2 saturated heterocycles. The smallest absolute Gasteiger partial charge is 0.191 e. The molecule has 0 spiro atoms. The molecule has 2 N–H and O–H groups in total. The van der Waals surface area contributed by atoms with E-state index >= 15 is 0 Å². The molecule has 0 saturated carbocycles. The van der Waals surface area contributed by atoms with Crippen LogP contribution in [0, 0.1) is 0 Å². The summed E-state index contributed by atoms with van der Waals surface area (Å²) in [5, 5.41) is 9.19. The number of hydrogen-bond donors (Lipinski definition) is 2. The number of thiophene rings is 1. The third-order valence-electron chi connectivity index (χ3n) is 5.89. The predicted octanol–water partition coefficient (Wildman–Crippen LogP) is 2.17. The van der Waals surface area contributed by atoms with Crippen LogP contribution in [0.15, 0.2) is 22.5 Å². The molecular weight excluding hydrogens is 398 g/mol. The fourth-order valence-corrected chi connectivity index (χ4v) is 5.14. The lowest BCUT2D eigenvalue weighted by Crippen LogP contribution is -2.50. The maximum Gasteiger partial charge on any atom is 0.191 e. The van der Waals surface area contributed by atoms with Crippen LogP contribution in [0.25, 0.3) is 0 Å². The van der Waals surface area contributed by atoms with Crippen molar-refractivity contribution in [2.75, 3.05) is 59.1 Å². The molecule has 4 unspecified atom stereocenters. The van der Waals surface area contributed by atoms with Crippen molar-refractivity contribution in [2.24, 2.45) is 4.99 Å². The first-order chi connectivity index (χ1) is 14.6.